The van der Waals surface area contributed by atoms with E-state index in [0.29, 0.717) is 10.8 Å². The first-order chi connectivity index (χ1) is 16.9. The fourth-order valence-electron chi connectivity index (χ4n) is 4.28. The van der Waals surface area contributed by atoms with E-state index in [4.69, 9.17) is 0 Å². The van der Waals surface area contributed by atoms with Crippen molar-refractivity contribution < 1.29 is 13.2 Å². The summed E-state index contributed by atoms with van der Waals surface area (Å²) in [6.07, 6.45) is 0. The standard InChI is InChI=1S/C26H24N4O4S/c31-25-23-14-8-7-13-22(23)24(27-30(25)19-20-9-3-1-4-10-20)26(32)28-15-17-29(18-16-28)35(33,34)21-11-5-2-6-12-21/h1-14H,15-19H2. The van der Waals surface area contributed by atoms with Crippen molar-refractivity contribution in [2.75, 3.05) is 26.2 Å². The number of aromatic nitrogens is 2. The highest BCUT2D eigenvalue weighted by atomic mass is 32.2. The van der Waals surface area contributed by atoms with Gasteiger partial charge in [-0.05, 0) is 23.8 Å². The molecule has 1 aliphatic heterocycles. The molecule has 1 saturated heterocycles. The van der Waals surface area contributed by atoms with Gasteiger partial charge >= 0.3 is 0 Å². The predicted molar refractivity (Wildman–Crippen MR) is 133 cm³/mol. The minimum atomic E-state index is -3.62. The van der Waals surface area contributed by atoms with Crippen molar-refractivity contribution in [1.82, 2.24) is 19.0 Å². The number of carbonyl (C=O) groups is 1. The summed E-state index contributed by atoms with van der Waals surface area (Å²) in [5.41, 5.74) is 0.825. The number of piperazine rings is 1. The average Bonchev–Trinajstić information content (AvgIpc) is 2.91. The Balaban J connectivity index is 1.42. The van der Waals surface area contributed by atoms with Gasteiger partial charge in [0.15, 0.2) is 5.69 Å². The molecule has 178 valence electrons. The fourth-order valence-corrected chi connectivity index (χ4v) is 5.72. The third-order valence-corrected chi connectivity index (χ3v) is 8.07. The molecule has 2 heterocycles. The number of carbonyl (C=O) groups excluding carboxylic acids is 1. The summed E-state index contributed by atoms with van der Waals surface area (Å²) in [7, 11) is -3.62. The molecule has 9 heteroatoms. The van der Waals surface area contributed by atoms with Gasteiger partial charge < -0.3 is 4.90 Å². The van der Waals surface area contributed by atoms with Crippen LogP contribution < -0.4 is 5.56 Å². The van der Waals surface area contributed by atoms with E-state index < -0.39 is 10.0 Å². The molecule has 1 fully saturated rings. The maximum absolute atomic E-state index is 13.5. The summed E-state index contributed by atoms with van der Waals surface area (Å²) in [5, 5.41) is 5.38. The lowest BCUT2D eigenvalue weighted by Gasteiger charge is -2.34. The van der Waals surface area contributed by atoms with Crippen LogP contribution in [0.15, 0.2) is 94.6 Å². The smallest absolute Gasteiger partial charge is 0.275 e. The van der Waals surface area contributed by atoms with Crippen molar-refractivity contribution in [2.24, 2.45) is 0 Å². The van der Waals surface area contributed by atoms with Crippen LogP contribution in [0.1, 0.15) is 16.1 Å². The summed E-state index contributed by atoms with van der Waals surface area (Å²) in [5.74, 6) is -0.320. The molecule has 1 aromatic heterocycles. The number of sulfonamides is 1. The van der Waals surface area contributed by atoms with Gasteiger partial charge in [0.25, 0.3) is 11.5 Å². The molecule has 0 bridgehead atoms. The minimum Gasteiger partial charge on any atom is -0.335 e. The third-order valence-electron chi connectivity index (χ3n) is 6.15. The van der Waals surface area contributed by atoms with Gasteiger partial charge in [0.2, 0.25) is 10.0 Å². The van der Waals surface area contributed by atoms with Crippen molar-refractivity contribution in [3.63, 3.8) is 0 Å². The fraction of sp³-hybridized carbons (Fsp3) is 0.192. The second-order valence-corrected chi connectivity index (χ2v) is 10.3. The zero-order valence-electron chi connectivity index (χ0n) is 18.9. The van der Waals surface area contributed by atoms with Gasteiger partial charge in [-0.25, -0.2) is 13.1 Å². The lowest BCUT2D eigenvalue weighted by Crippen LogP contribution is -2.50. The van der Waals surface area contributed by atoms with Crippen LogP contribution in [-0.4, -0.2) is 59.5 Å². The maximum Gasteiger partial charge on any atom is 0.275 e. The van der Waals surface area contributed by atoms with E-state index in [2.05, 4.69) is 5.10 Å². The molecule has 5 rings (SSSR count). The van der Waals surface area contributed by atoms with Gasteiger partial charge in [-0.2, -0.15) is 9.40 Å². The zero-order chi connectivity index (χ0) is 24.4. The Morgan fingerprint density at radius 2 is 1.34 bits per heavy atom. The van der Waals surface area contributed by atoms with Crippen LogP contribution in [-0.2, 0) is 16.6 Å². The Morgan fingerprint density at radius 1 is 0.771 bits per heavy atom. The lowest BCUT2D eigenvalue weighted by atomic mass is 10.1. The molecule has 0 spiro atoms. The highest BCUT2D eigenvalue weighted by Crippen LogP contribution is 2.20. The highest BCUT2D eigenvalue weighted by molar-refractivity contribution is 7.89. The summed E-state index contributed by atoms with van der Waals surface area (Å²) < 4.78 is 28.6. The Bertz CT molecular complexity index is 1530. The average molecular weight is 489 g/mol. The summed E-state index contributed by atoms with van der Waals surface area (Å²) in [4.78, 5) is 28.4. The minimum absolute atomic E-state index is 0.185. The number of rotatable bonds is 5. The summed E-state index contributed by atoms with van der Waals surface area (Å²) >= 11 is 0. The molecule has 8 nitrogen and oxygen atoms in total. The van der Waals surface area contributed by atoms with Crippen LogP contribution in [0.5, 0.6) is 0 Å². The molecule has 0 aliphatic carbocycles. The number of nitrogens with zero attached hydrogens (tertiary/aromatic N) is 4. The van der Waals surface area contributed by atoms with E-state index in [1.165, 1.54) is 8.99 Å². The van der Waals surface area contributed by atoms with Crippen LogP contribution in [0.25, 0.3) is 10.8 Å². The van der Waals surface area contributed by atoms with E-state index in [1.54, 1.807) is 59.5 Å². The molecule has 0 N–H and O–H groups in total. The molecule has 3 aromatic carbocycles. The van der Waals surface area contributed by atoms with Crippen molar-refractivity contribution >= 4 is 26.7 Å². The molecule has 0 atom stereocenters. The van der Waals surface area contributed by atoms with E-state index in [9.17, 15) is 18.0 Å². The van der Waals surface area contributed by atoms with Gasteiger partial charge in [0, 0.05) is 31.6 Å². The summed E-state index contributed by atoms with van der Waals surface area (Å²) in [6.45, 7) is 1.08. The third kappa shape index (κ3) is 4.48. The predicted octanol–water partition coefficient (Wildman–Crippen LogP) is 2.59. The van der Waals surface area contributed by atoms with E-state index >= 15 is 0 Å². The van der Waals surface area contributed by atoms with Crippen LogP contribution in [0.3, 0.4) is 0 Å². The van der Waals surface area contributed by atoms with Crippen LogP contribution in [0.4, 0.5) is 0 Å². The number of amides is 1. The zero-order valence-corrected chi connectivity index (χ0v) is 19.8. The van der Waals surface area contributed by atoms with Gasteiger partial charge in [-0.15, -0.1) is 0 Å². The van der Waals surface area contributed by atoms with Crippen molar-refractivity contribution in [3.05, 3.63) is 107 Å². The number of hydrogen-bond acceptors (Lipinski definition) is 5. The van der Waals surface area contributed by atoms with Crippen molar-refractivity contribution in [3.8, 4) is 0 Å². The Labute approximate surface area is 203 Å². The number of benzene rings is 3. The van der Waals surface area contributed by atoms with E-state index in [-0.39, 0.29) is 54.8 Å². The first-order valence-corrected chi connectivity index (χ1v) is 12.8. The van der Waals surface area contributed by atoms with Gasteiger partial charge in [0.05, 0.1) is 16.8 Å². The molecule has 0 saturated carbocycles. The molecule has 4 aromatic rings. The first-order valence-electron chi connectivity index (χ1n) is 11.3. The Hall–Kier alpha value is -3.82. The molecular formula is C26H24N4O4S. The topological polar surface area (TPSA) is 92.6 Å². The van der Waals surface area contributed by atoms with Gasteiger partial charge in [0.1, 0.15) is 0 Å². The largest absolute Gasteiger partial charge is 0.335 e. The van der Waals surface area contributed by atoms with Gasteiger partial charge in [-0.1, -0.05) is 66.7 Å². The first kappa shape index (κ1) is 22.9. The van der Waals surface area contributed by atoms with Crippen LogP contribution >= 0.6 is 0 Å². The van der Waals surface area contributed by atoms with Crippen molar-refractivity contribution in [1.29, 1.82) is 0 Å². The van der Waals surface area contributed by atoms with Crippen molar-refractivity contribution in [2.45, 2.75) is 11.4 Å². The Kier molecular flexibility index (Phi) is 6.19. The normalized spacial score (nSPS) is 14.8. The monoisotopic (exact) mass is 488 g/mol. The molecule has 0 unspecified atom stereocenters. The number of fused-ring (bicyclic) bond motifs is 1. The quantitative estimate of drug-likeness (QED) is 0.431. The molecule has 1 amide bonds. The molecular weight excluding hydrogens is 464 g/mol. The van der Waals surface area contributed by atoms with Gasteiger partial charge in [-0.3, -0.25) is 9.59 Å². The highest BCUT2D eigenvalue weighted by Gasteiger charge is 2.31. The Morgan fingerprint density at radius 3 is 2.00 bits per heavy atom. The molecule has 1 aliphatic rings. The van der Waals surface area contributed by atoms with E-state index in [0.717, 1.165) is 5.56 Å². The molecule has 0 radical (unpaired) electrons. The lowest BCUT2D eigenvalue weighted by molar-refractivity contribution is 0.0691. The van der Waals surface area contributed by atoms with Crippen LogP contribution in [0.2, 0.25) is 0 Å². The second kappa shape index (κ2) is 9.44. The van der Waals surface area contributed by atoms with Crippen LogP contribution in [0, 0.1) is 0 Å². The molecule has 35 heavy (non-hydrogen) atoms. The second-order valence-electron chi connectivity index (χ2n) is 8.35. The number of hydrogen-bond donors (Lipinski definition) is 0. The van der Waals surface area contributed by atoms with E-state index in [1.807, 2.05) is 30.3 Å². The SMILES string of the molecule is O=C(c1nn(Cc2ccccc2)c(=O)c2ccccc12)N1CCN(S(=O)(=O)c2ccccc2)CC1. The summed E-state index contributed by atoms with van der Waals surface area (Å²) in [6, 6.07) is 24.7. The maximum atomic E-state index is 13.5.